The van der Waals surface area contributed by atoms with Crippen LogP contribution in [0.5, 0.6) is 0 Å². The van der Waals surface area contributed by atoms with Crippen LogP contribution in [0.2, 0.25) is 0 Å². The van der Waals surface area contributed by atoms with Crippen LogP contribution in [0.25, 0.3) is 0 Å². The highest BCUT2D eigenvalue weighted by atomic mass is 15.1. The van der Waals surface area contributed by atoms with Crippen LogP contribution in [0.1, 0.15) is 24.1 Å². The molecule has 0 N–H and O–H groups in total. The average Bonchev–Trinajstić information content (AvgIpc) is 2.17. The lowest BCUT2D eigenvalue weighted by molar-refractivity contribution is 0.321. The Kier molecular flexibility index (Phi) is 3.05. The Balaban J connectivity index is 2.87. The van der Waals surface area contributed by atoms with E-state index in [2.05, 4.69) is 17.9 Å². The quantitative estimate of drug-likeness (QED) is 0.687. The van der Waals surface area contributed by atoms with Crippen molar-refractivity contribution < 1.29 is 0 Å². The van der Waals surface area contributed by atoms with Crippen molar-refractivity contribution in [3.8, 4) is 6.07 Å². The lowest BCUT2D eigenvalue weighted by atomic mass is 10.1. The van der Waals surface area contributed by atoms with E-state index in [0.29, 0.717) is 6.04 Å². The largest absolute Gasteiger partial charge is 0.303 e. The maximum absolute atomic E-state index is 8.62. The van der Waals surface area contributed by atoms with Crippen LogP contribution in [-0.2, 0) is 0 Å². The summed E-state index contributed by atoms with van der Waals surface area (Å²) in [7, 11) is 4.09. The molecule has 13 heavy (non-hydrogen) atoms. The molecule has 1 rings (SSSR count). The van der Waals surface area contributed by atoms with Crippen LogP contribution in [0.15, 0.2) is 24.3 Å². The first kappa shape index (κ1) is 9.76. The van der Waals surface area contributed by atoms with Gasteiger partial charge in [0.1, 0.15) is 0 Å². The van der Waals surface area contributed by atoms with E-state index in [0.717, 1.165) is 5.56 Å². The summed E-state index contributed by atoms with van der Waals surface area (Å²) in [5.74, 6) is 0. The van der Waals surface area contributed by atoms with Crippen LogP contribution in [0.3, 0.4) is 0 Å². The molecular formula is C11H14N2. The van der Waals surface area contributed by atoms with E-state index in [1.165, 1.54) is 5.56 Å². The summed E-state index contributed by atoms with van der Waals surface area (Å²) in [6, 6.07) is 10.2. The predicted octanol–water partition coefficient (Wildman–Crippen LogP) is 2.18. The maximum Gasteiger partial charge on any atom is 0.0991 e. The minimum absolute atomic E-state index is 0.396. The number of hydrogen-bond donors (Lipinski definition) is 0. The molecule has 2 nitrogen and oxygen atoms in total. The molecule has 0 spiro atoms. The highest BCUT2D eigenvalue weighted by Crippen LogP contribution is 2.17. The average molecular weight is 174 g/mol. The van der Waals surface area contributed by atoms with Crippen molar-refractivity contribution in [1.82, 2.24) is 4.90 Å². The fourth-order valence-corrected chi connectivity index (χ4v) is 1.13. The summed E-state index contributed by atoms with van der Waals surface area (Å²) >= 11 is 0. The van der Waals surface area contributed by atoms with Crippen LogP contribution in [0.4, 0.5) is 0 Å². The van der Waals surface area contributed by atoms with E-state index in [9.17, 15) is 0 Å². The minimum atomic E-state index is 0.396. The van der Waals surface area contributed by atoms with Crippen LogP contribution in [-0.4, -0.2) is 19.0 Å². The van der Waals surface area contributed by atoms with Gasteiger partial charge in [0.05, 0.1) is 11.6 Å². The molecule has 0 bridgehead atoms. The van der Waals surface area contributed by atoms with Crippen molar-refractivity contribution in [1.29, 1.82) is 5.26 Å². The normalized spacial score (nSPS) is 12.5. The monoisotopic (exact) mass is 174 g/mol. The summed E-state index contributed by atoms with van der Waals surface area (Å²) in [5, 5.41) is 8.62. The lowest BCUT2D eigenvalue weighted by Gasteiger charge is -2.19. The predicted molar refractivity (Wildman–Crippen MR) is 53.3 cm³/mol. The summed E-state index contributed by atoms with van der Waals surface area (Å²) in [6.45, 7) is 2.14. The molecule has 0 heterocycles. The standard InChI is InChI=1S/C11H14N2/c1-9(13(2)3)11-6-4-10(8-12)5-7-11/h4-7,9H,1-3H3/t9-/m0/s1. The number of benzene rings is 1. The van der Waals surface area contributed by atoms with Crippen molar-refractivity contribution in [2.75, 3.05) is 14.1 Å². The first-order valence-electron chi connectivity index (χ1n) is 4.31. The molecule has 0 aliphatic rings. The number of rotatable bonds is 2. The van der Waals surface area contributed by atoms with Crippen LogP contribution >= 0.6 is 0 Å². The van der Waals surface area contributed by atoms with Gasteiger partial charge in [-0.15, -0.1) is 0 Å². The van der Waals surface area contributed by atoms with E-state index < -0.39 is 0 Å². The van der Waals surface area contributed by atoms with Crippen LogP contribution in [0, 0.1) is 11.3 Å². The van der Waals surface area contributed by atoms with Crippen LogP contribution < -0.4 is 0 Å². The van der Waals surface area contributed by atoms with Gasteiger partial charge in [-0.2, -0.15) is 5.26 Å². The summed E-state index contributed by atoms with van der Waals surface area (Å²) in [4.78, 5) is 2.14. The van der Waals surface area contributed by atoms with E-state index in [4.69, 9.17) is 5.26 Å². The molecule has 0 radical (unpaired) electrons. The second-order valence-corrected chi connectivity index (χ2v) is 3.37. The van der Waals surface area contributed by atoms with Crippen molar-refractivity contribution in [3.63, 3.8) is 0 Å². The first-order valence-corrected chi connectivity index (χ1v) is 4.31. The molecule has 1 atom stereocenters. The van der Waals surface area contributed by atoms with E-state index in [-0.39, 0.29) is 0 Å². The Bertz CT molecular complexity index is 306. The molecule has 0 fully saturated rings. The zero-order chi connectivity index (χ0) is 9.84. The summed E-state index contributed by atoms with van der Waals surface area (Å²) in [5.41, 5.74) is 1.96. The smallest absolute Gasteiger partial charge is 0.0991 e. The van der Waals surface area contributed by atoms with Gasteiger partial charge in [-0.05, 0) is 38.7 Å². The van der Waals surface area contributed by atoms with Gasteiger partial charge in [0.2, 0.25) is 0 Å². The van der Waals surface area contributed by atoms with Crippen molar-refractivity contribution in [3.05, 3.63) is 35.4 Å². The molecule has 0 aliphatic carbocycles. The molecule has 0 saturated carbocycles. The topological polar surface area (TPSA) is 27.0 Å². The van der Waals surface area contributed by atoms with E-state index in [1.54, 1.807) is 0 Å². The van der Waals surface area contributed by atoms with Gasteiger partial charge < -0.3 is 4.90 Å². The van der Waals surface area contributed by atoms with Gasteiger partial charge in [-0.3, -0.25) is 0 Å². The second kappa shape index (κ2) is 4.06. The Morgan fingerprint density at radius 3 is 2.15 bits per heavy atom. The summed E-state index contributed by atoms with van der Waals surface area (Å²) in [6.07, 6.45) is 0. The number of nitriles is 1. The van der Waals surface area contributed by atoms with Gasteiger partial charge in [-0.25, -0.2) is 0 Å². The number of hydrogen-bond acceptors (Lipinski definition) is 2. The Morgan fingerprint density at radius 1 is 1.23 bits per heavy atom. The Labute approximate surface area is 79.4 Å². The van der Waals surface area contributed by atoms with Crippen molar-refractivity contribution in [2.24, 2.45) is 0 Å². The third kappa shape index (κ3) is 2.30. The zero-order valence-corrected chi connectivity index (χ0v) is 8.28. The van der Waals surface area contributed by atoms with Gasteiger partial charge >= 0.3 is 0 Å². The molecule has 0 unspecified atom stereocenters. The molecule has 1 aromatic rings. The first-order chi connectivity index (χ1) is 6.15. The van der Waals surface area contributed by atoms with Gasteiger partial charge in [0.15, 0.2) is 0 Å². The van der Waals surface area contributed by atoms with E-state index >= 15 is 0 Å². The fourth-order valence-electron chi connectivity index (χ4n) is 1.13. The molecule has 0 amide bonds. The Hall–Kier alpha value is -1.33. The van der Waals surface area contributed by atoms with Crippen molar-refractivity contribution >= 4 is 0 Å². The fraction of sp³-hybridized carbons (Fsp3) is 0.364. The van der Waals surface area contributed by atoms with Gasteiger partial charge in [0.25, 0.3) is 0 Å². The molecule has 68 valence electrons. The van der Waals surface area contributed by atoms with E-state index in [1.807, 2.05) is 38.4 Å². The molecule has 0 aliphatic heterocycles. The molecule has 0 saturated heterocycles. The third-order valence-corrected chi connectivity index (χ3v) is 2.30. The lowest BCUT2D eigenvalue weighted by Crippen LogP contribution is -2.16. The number of nitrogens with zero attached hydrogens (tertiary/aromatic N) is 2. The highest BCUT2D eigenvalue weighted by molar-refractivity contribution is 5.32. The minimum Gasteiger partial charge on any atom is -0.303 e. The van der Waals surface area contributed by atoms with Crippen molar-refractivity contribution in [2.45, 2.75) is 13.0 Å². The van der Waals surface area contributed by atoms with Gasteiger partial charge in [-0.1, -0.05) is 12.1 Å². The maximum atomic E-state index is 8.62. The second-order valence-electron chi connectivity index (χ2n) is 3.37. The Morgan fingerprint density at radius 2 is 1.77 bits per heavy atom. The zero-order valence-electron chi connectivity index (χ0n) is 8.28. The summed E-state index contributed by atoms with van der Waals surface area (Å²) < 4.78 is 0. The van der Waals surface area contributed by atoms with Gasteiger partial charge in [0, 0.05) is 6.04 Å². The molecule has 0 aromatic heterocycles. The molecule has 2 heteroatoms. The molecular weight excluding hydrogens is 160 g/mol. The SMILES string of the molecule is C[C@@H](c1ccc(C#N)cc1)N(C)C. The highest BCUT2D eigenvalue weighted by Gasteiger charge is 2.06. The third-order valence-electron chi connectivity index (χ3n) is 2.30. The molecule has 1 aromatic carbocycles.